The number of rotatable bonds is 6. The van der Waals surface area contributed by atoms with Crippen LogP contribution in [0.2, 0.25) is 5.02 Å². The Kier molecular flexibility index (Phi) is 9.07. The van der Waals surface area contributed by atoms with Crippen molar-refractivity contribution >= 4 is 29.4 Å². The number of benzene rings is 2. The van der Waals surface area contributed by atoms with Gasteiger partial charge in [-0.1, -0.05) is 56.6 Å². The van der Waals surface area contributed by atoms with E-state index in [-0.39, 0.29) is 42.7 Å². The van der Waals surface area contributed by atoms with Gasteiger partial charge in [0, 0.05) is 37.0 Å². The number of alkyl halides is 3. The Morgan fingerprint density at radius 1 is 1.00 bits per heavy atom. The zero-order valence-electron chi connectivity index (χ0n) is 23.5. The first kappa shape index (κ1) is 30.9. The number of aliphatic carboxylic acids is 1. The molecule has 0 aliphatic carbocycles. The van der Waals surface area contributed by atoms with E-state index in [1.54, 1.807) is 29.2 Å². The Morgan fingerprint density at radius 3 is 2.24 bits per heavy atom. The molecule has 2 aromatic carbocycles. The molecule has 0 bridgehead atoms. The minimum absolute atomic E-state index is 0.00125. The lowest BCUT2D eigenvalue weighted by Crippen LogP contribution is -2.47. The Bertz CT molecular complexity index is 1300. The van der Waals surface area contributed by atoms with Crippen LogP contribution in [0.5, 0.6) is 0 Å². The quantitative estimate of drug-likeness (QED) is 0.412. The SMILES string of the molecule is CC(C)(C)CC1C(=O)N(CC(=O)N2CCC(CC(=O)O)CC2)CC(c2ccccc2Cl)c2cc(C(F)(F)F)ccc21. The van der Waals surface area contributed by atoms with Crippen molar-refractivity contribution in [2.24, 2.45) is 11.3 Å². The van der Waals surface area contributed by atoms with Crippen LogP contribution in [0.4, 0.5) is 13.2 Å². The first-order valence-corrected chi connectivity index (χ1v) is 14.3. The van der Waals surface area contributed by atoms with Gasteiger partial charge >= 0.3 is 12.1 Å². The van der Waals surface area contributed by atoms with Gasteiger partial charge in [-0.3, -0.25) is 14.4 Å². The molecule has 6 nitrogen and oxygen atoms in total. The third-order valence-corrected chi connectivity index (χ3v) is 8.38. The molecule has 41 heavy (non-hydrogen) atoms. The van der Waals surface area contributed by atoms with E-state index in [0.29, 0.717) is 54.1 Å². The van der Waals surface area contributed by atoms with Crippen LogP contribution in [0.3, 0.4) is 0 Å². The topological polar surface area (TPSA) is 77.9 Å². The highest BCUT2D eigenvalue weighted by atomic mass is 35.5. The molecule has 2 aromatic rings. The van der Waals surface area contributed by atoms with Crippen LogP contribution >= 0.6 is 11.6 Å². The highest BCUT2D eigenvalue weighted by Crippen LogP contribution is 2.44. The number of carbonyl (C=O) groups is 3. The van der Waals surface area contributed by atoms with Gasteiger partial charge < -0.3 is 14.9 Å². The van der Waals surface area contributed by atoms with Gasteiger partial charge in [-0.25, -0.2) is 0 Å². The van der Waals surface area contributed by atoms with Gasteiger partial charge in [0.05, 0.1) is 18.0 Å². The Labute approximate surface area is 243 Å². The smallest absolute Gasteiger partial charge is 0.416 e. The van der Waals surface area contributed by atoms with Crippen LogP contribution in [0, 0.1) is 11.3 Å². The lowest BCUT2D eigenvalue weighted by atomic mass is 9.77. The minimum atomic E-state index is -4.57. The summed E-state index contributed by atoms with van der Waals surface area (Å²) in [5.41, 5.74) is 0.369. The second-order valence-corrected chi connectivity index (χ2v) is 12.8. The van der Waals surface area contributed by atoms with Gasteiger partial charge in [0.1, 0.15) is 0 Å². The fourth-order valence-corrected chi connectivity index (χ4v) is 6.27. The van der Waals surface area contributed by atoms with Gasteiger partial charge in [-0.05, 0) is 65.5 Å². The number of piperidine rings is 1. The summed E-state index contributed by atoms with van der Waals surface area (Å²) in [4.78, 5) is 41.8. The summed E-state index contributed by atoms with van der Waals surface area (Å²) in [5.74, 6) is -2.85. The summed E-state index contributed by atoms with van der Waals surface area (Å²) in [6.07, 6.45) is -3.01. The average Bonchev–Trinajstić information content (AvgIpc) is 2.98. The first-order chi connectivity index (χ1) is 19.1. The summed E-state index contributed by atoms with van der Waals surface area (Å²) in [6.45, 7) is 6.48. The molecule has 2 heterocycles. The molecule has 0 radical (unpaired) electrons. The third kappa shape index (κ3) is 7.42. The summed E-state index contributed by atoms with van der Waals surface area (Å²) in [5, 5.41) is 9.47. The van der Waals surface area contributed by atoms with Crippen molar-refractivity contribution in [3.8, 4) is 0 Å². The van der Waals surface area contributed by atoms with E-state index >= 15 is 0 Å². The average molecular weight is 593 g/mol. The number of likely N-dealkylation sites (tertiary alicyclic amines) is 1. The molecule has 4 rings (SSSR count). The van der Waals surface area contributed by atoms with Crippen LogP contribution in [0.15, 0.2) is 42.5 Å². The second-order valence-electron chi connectivity index (χ2n) is 12.4. The molecule has 2 aliphatic rings. The maximum Gasteiger partial charge on any atom is 0.416 e. The lowest BCUT2D eigenvalue weighted by Gasteiger charge is -2.34. The number of halogens is 4. The normalized spacial score (nSPS) is 20.5. The van der Waals surface area contributed by atoms with E-state index in [1.807, 2.05) is 20.8 Å². The number of carboxylic acids is 1. The number of carbonyl (C=O) groups excluding carboxylic acids is 2. The zero-order chi connectivity index (χ0) is 30.1. The first-order valence-electron chi connectivity index (χ1n) is 13.9. The van der Waals surface area contributed by atoms with Gasteiger partial charge in [-0.2, -0.15) is 13.2 Å². The molecule has 0 aromatic heterocycles. The van der Waals surface area contributed by atoms with Crippen molar-refractivity contribution in [2.45, 2.75) is 64.5 Å². The second kappa shape index (κ2) is 12.0. The molecule has 10 heteroatoms. The van der Waals surface area contributed by atoms with Crippen LogP contribution in [-0.4, -0.2) is 58.9 Å². The number of hydrogen-bond acceptors (Lipinski definition) is 3. The predicted octanol–water partition coefficient (Wildman–Crippen LogP) is 6.57. The highest BCUT2D eigenvalue weighted by molar-refractivity contribution is 6.31. The van der Waals surface area contributed by atoms with Crippen molar-refractivity contribution in [3.05, 3.63) is 69.7 Å². The third-order valence-electron chi connectivity index (χ3n) is 8.03. The van der Waals surface area contributed by atoms with Crippen molar-refractivity contribution < 1.29 is 32.7 Å². The summed E-state index contributed by atoms with van der Waals surface area (Å²) in [6, 6.07) is 10.5. The molecule has 1 fully saturated rings. The Morgan fingerprint density at radius 2 is 1.66 bits per heavy atom. The molecule has 2 aliphatic heterocycles. The fraction of sp³-hybridized carbons (Fsp3) is 0.516. The van der Waals surface area contributed by atoms with Crippen LogP contribution in [0.1, 0.15) is 80.5 Å². The van der Waals surface area contributed by atoms with E-state index in [0.717, 1.165) is 12.1 Å². The van der Waals surface area contributed by atoms with E-state index in [2.05, 4.69) is 0 Å². The van der Waals surface area contributed by atoms with Gasteiger partial charge in [0.15, 0.2) is 0 Å². The summed E-state index contributed by atoms with van der Waals surface area (Å²) >= 11 is 6.57. The van der Waals surface area contributed by atoms with Crippen molar-refractivity contribution in [1.82, 2.24) is 9.80 Å². The van der Waals surface area contributed by atoms with Gasteiger partial charge in [0.2, 0.25) is 11.8 Å². The molecule has 2 amide bonds. The van der Waals surface area contributed by atoms with Crippen molar-refractivity contribution in [2.75, 3.05) is 26.2 Å². The van der Waals surface area contributed by atoms with Crippen LogP contribution in [0.25, 0.3) is 0 Å². The van der Waals surface area contributed by atoms with E-state index in [9.17, 15) is 27.6 Å². The monoisotopic (exact) mass is 592 g/mol. The van der Waals surface area contributed by atoms with Gasteiger partial charge in [-0.15, -0.1) is 0 Å². The molecule has 222 valence electrons. The molecule has 1 saturated heterocycles. The number of nitrogens with zero attached hydrogens (tertiary/aromatic N) is 2. The number of fused-ring (bicyclic) bond motifs is 1. The maximum atomic E-state index is 14.2. The lowest BCUT2D eigenvalue weighted by molar-refractivity contribution is -0.143. The van der Waals surface area contributed by atoms with E-state index in [1.165, 1.54) is 11.0 Å². The van der Waals surface area contributed by atoms with E-state index in [4.69, 9.17) is 16.7 Å². The number of amides is 2. The molecule has 2 unspecified atom stereocenters. The Balaban J connectivity index is 1.73. The molecular formula is C31H36ClF3N2O4. The Hall–Kier alpha value is -3.07. The standard InChI is InChI=1S/C31H36ClF3N2O4/c1-30(2,3)16-24-21-9-8-20(31(33,34)35)15-23(21)25(22-6-4-5-7-26(22)32)17-37(29(24)41)18-27(38)36-12-10-19(11-13-36)14-28(39)40/h4-9,15,19,24-25H,10-14,16-18H2,1-3H3,(H,39,40). The van der Waals surface area contributed by atoms with Gasteiger partial charge in [0.25, 0.3) is 0 Å². The predicted molar refractivity (Wildman–Crippen MR) is 150 cm³/mol. The molecular weight excluding hydrogens is 557 g/mol. The maximum absolute atomic E-state index is 14.2. The largest absolute Gasteiger partial charge is 0.481 e. The number of hydrogen-bond donors (Lipinski definition) is 1. The molecule has 0 saturated carbocycles. The summed E-state index contributed by atoms with van der Waals surface area (Å²) < 4.78 is 41.6. The molecule has 2 atom stereocenters. The number of carboxylic acid groups (broad SMARTS) is 1. The minimum Gasteiger partial charge on any atom is -0.481 e. The molecule has 1 N–H and O–H groups in total. The van der Waals surface area contributed by atoms with E-state index < -0.39 is 29.5 Å². The summed E-state index contributed by atoms with van der Waals surface area (Å²) in [7, 11) is 0. The molecule has 0 spiro atoms. The zero-order valence-corrected chi connectivity index (χ0v) is 24.3. The van der Waals surface area contributed by atoms with Crippen LogP contribution in [-0.2, 0) is 20.6 Å². The fourth-order valence-electron chi connectivity index (χ4n) is 6.00. The highest BCUT2D eigenvalue weighted by Gasteiger charge is 2.41. The van der Waals surface area contributed by atoms with Crippen LogP contribution < -0.4 is 0 Å². The van der Waals surface area contributed by atoms with Crippen molar-refractivity contribution in [3.63, 3.8) is 0 Å². The van der Waals surface area contributed by atoms with Crippen molar-refractivity contribution in [1.29, 1.82) is 0 Å².